The summed E-state index contributed by atoms with van der Waals surface area (Å²) in [5.41, 5.74) is 7.31. The van der Waals surface area contributed by atoms with Gasteiger partial charge in [0.05, 0.1) is 24.3 Å². The van der Waals surface area contributed by atoms with Gasteiger partial charge in [0.25, 0.3) is 20.2 Å². The van der Waals surface area contributed by atoms with E-state index < -0.39 is 20.2 Å². The highest BCUT2D eigenvalue weighted by Crippen LogP contribution is 2.43. The topological polar surface area (TPSA) is 131 Å². The second-order valence-corrected chi connectivity index (χ2v) is 15.6. The summed E-state index contributed by atoms with van der Waals surface area (Å²) in [6.45, 7) is 7.00. The Morgan fingerprint density at radius 2 is 1.57 bits per heavy atom. The van der Waals surface area contributed by atoms with Gasteiger partial charge >= 0.3 is 0 Å². The van der Waals surface area contributed by atoms with Gasteiger partial charge in [0.1, 0.15) is 5.75 Å². The molecule has 0 aliphatic carbocycles. The Labute approximate surface area is 303 Å². The van der Waals surface area contributed by atoms with E-state index in [-0.39, 0.29) is 11.5 Å². The van der Waals surface area contributed by atoms with Gasteiger partial charge in [-0.3, -0.25) is 4.55 Å². The van der Waals surface area contributed by atoms with E-state index in [0.717, 1.165) is 44.5 Å². The first-order chi connectivity index (χ1) is 24.5. The number of hydrogen-bond donors (Lipinski definition) is 2. The monoisotopic (exact) mass is 738 g/mol. The first kappa shape index (κ1) is 39.8. The number of nitrogens with one attached hydrogen (secondary N) is 1. The number of benzene rings is 4. The SMILES string of the molecule is CCCC.CCNOS(=O)(=O)CCCCN1/C(=C/c2ccc3cc(OC)ccc3c2CCCCS(=O)(=O)O)Oc2ccc(-c3ccccc3)cc21. The largest absolute Gasteiger partial charge is 0.497 e. The lowest BCUT2D eigenvalue weighted by Gasteiger charge is -2.20. The van der Waals surface area contributed by atoms with Crippen molar-refractivity contribution < 1.29 is 35.1 Å². The zero-order valence-corrected chi connectivity index (χ0v) is 31.6. The van der Waals surface area contributed by atoms with Crippen molar-refractivity contribution in [3.63, 3.8) is 0 Å². The fourth-order valence-electron chi connectivity index (χ4n) is 5.64. The van der Waals surface area contributed by atoms with Crippen molar-refractivity contribution in [3.05, 3.63) is 95.9 Å². The zero-order valence-electron chi connectivity index (χ0n) is 29.9. The Bertz CT molecular complexity index is 1980. The Morgan fingerprint density at radius 1 is 0.824 bits per heavy atom. The van der Waals surface area contributed by atoms with Crippen LogP contribution in [0.3, 0.4) is 0 Å². The number of fused-ring (bicyclic) bond motifs is 2. The fraction of sp³-hybridized carbons (Fsp3) is 0.385. The molecule has 12 heteroatoms. The Hall–Kier alpha value is -3.94. The lowest BCUT2D eigenvalue weighted by molar-refractivity contribution is 0.210. The van der Waals surface area contributed by atoms with E-state index in [0.29, 0.717) is 56.8 Å². The first-order valence-corrected chi connectivity index (χ1v) is 20.7. The van der Waals surface area contributed by atoms with Gasteiger partial charge in [-0.25, -0.2) is 0 Å². The van der Waals surface area contributed by atoms with Crippen LogP contribution in [0.25, 0.3) is 28.0 Å². The van der Waals surface area contributed by atoms with Gasteiger partial charge in [0.15, 0.2) is 5.75 Å². The normalized spacial score (nSPS) is 13.5. The molecule has 4 aromatic carbocycles. The Balaban J connectivity index is 0.00000138. The molecule has 4 aromatic rings. The van der Waals surface area contributed by atoms with Crippen molar-refractivity contribution in [3.8, 4) is 22.6 Å². The van der Waals surface area contributed by atoms with E-state index in [9.17, 15) is 21.4 Å². The smallest absolute Gasteiger partial charge is 0.283 e. The van der Waals surface area contributed by atoms with E-state index in [1.807, 2.05) is 78.9 Å². The molecule has 0 saturated heterocycles. The summed E-state index contributed by atoms with van der Waals surface area (Å²) in [7, 11) is -6.13. The third kappa shape index (κ3) is 11.8. The van der Waals surface area contributed by atoms with Crippen LogP contribution in [-0.4, -0.2) is 53.1 Å². The molecule has 0 spiro atoms. The minimum absolute atomic E-state index is 0.119. The summed E-state index contributed by atoms with van der Waals surface area (Å²) in [4.78, 5) is 2.07. The molecule has 0 fully saturated rings. The zero-order chi connectivity index (χ0) is 36.9. The molecule has 1 heterocycles. The van der Waals surface area contributed by atoms with Gasteiger partial charge < -0.3 is 14.4 Å². The maximum absolute atomic E-state index is 12.2. The number of rotatable bonds is 17. The van der Waals surface area contributed by atoms with Gasteiger partial charge in [-0.15, -0.1) is 0 Å². The fourth-order valence-corrected chi connectivity index (χ4v) is 7.15. The molecule has 1 aliphatic rings. The molecule has 0 bridgehead atoms. The van der Waals surface area contributed by atoms with E-state index in [1.165, 1.54) is 12.8 Å². The van der Waals surface area contributed by atoms with Gasteiger partial charge in [0.2, 0.25) is 5.88 Å². The highest BCUT2D eigenvalue weighted by atomic mass is 32.2. The van der Waals surface area contributed by atoms with Crippen molar-refractivity contribution in [2.45, 2.75) is 65.7 Å². The van der Waals surface area contributed by atoms with Crippen LogP contribution in [0.2, 0.25) is 0 Å². The van der Waals surface area contributed by atoms with Gasteiger partial charge in [-0.1, -0.05) is 88.2 Å². The van der Waals surface area contributed by atoms with Crippen LogP contribution >= 0.6 is 0 Å². The highest BCUT2D eigenvalue weighted by molar-refractivity contribution is 7.86. The van der Waals surface area contributed by atoms with Crippen LogP contribution in [0.5, 0.6) is 11.5 Å². The molecule has 276 valence electrons. The second kappa shape index (κ2) is 19.1. The minimum Gasteiger partial charge on any atom is -0.497 e. The summed E-state index contributed by atoms with van der Waals surface area (Å²) in [5.74, 6) is 1.61. The van der Waals surface area contributed by atoms with E-state index >= 15 is 0 Å². The second-order valence-electron chi connectivity index (χ2n) is 12.3. The lowest BCUT2D eigenvalue weighted by Crippen LogP contribution is -2.24. The summed E-state index contributed by atoms with van der Waals surface area (Å²) in [6.07, 6.45) is 7.02. The third-order valence-corrected chi connectivity index (χ3v) is 10.4. The number of nitrogens with zero attached hydrogens (tertiary/aromatic N) is 1. The number of methoxy groups -OCH3 is 1. The van der Waals surface area contributed by atoms with Crippen LogP contribution in [-0.2, 0) is 30.9 Å². The summed E-state index contributed by atoms with van der Waals surface area (Å²) >= 11 is 0. The number of hydrogen-bond acceptors (Lipinski definition) is 9. The predicted molar refractivity (Wildman–Crippen MR) is 206 cm³/mol. The average molecular weight is 739 g/mol. The molecule has 51 heavy (non-hydrogen) atoms. The van der Waals surface area contributed by atoms with Crippen molar-refractivity contribution in [1.82, 2.24) is 5.48 Å². The van der Waals surface area contributed by atoms with Crippen molar-refractivity contribution in [1.29, 1.82) is 0 Å². The van der Waals surface area contributed by atoms with Crippen molar-refractivity contribution >= 4 is 42.8 Å². The summed E-state index contributed by atoms with van der Waals surface area (Å²) in [6, 6.07) is 26.0. The van der Waals surface area contributed by atoms with Gasteiger partial charge in [-0.2, -0.15) is 26.6 Å². The van der Waals surface area contributed by atoms with Crippen molar-refractivity contribution in [2.75, 3.05) is 36.6 Å². The highest BCUT2D eigenvalue weighted by Gasteiger charge is 2.27. The van der Waals surface area contributed by atoms with Crippen LogP contribution in [0.15, 0.2) is 84.7 Å². The molecule has 0 atom stereocenters. The molecule has 0 saturated carbocycles. The molecule has 0 unspecified atom stereocenters. The minimum atomic E-state index is -4.05. The van der Waals surface area contributed by atoms with Gasteiger partial charge in [-0.05, 0) is 89.4 Å². The molecule has 5 rings (SSSR count). The third-order valence-electron chi connectivity index (χ3n) is 8.43. The Kier molecular flexibility index (Phi) is 14.9. The lowest BCUT2D eigenvalue weighted by atomic mass is 9.94. The maximum Gasteiger partial charge on any atom is 0.283 e. The summed E-state index contributed by atoms with van der Waals surface area (Å²) in [5, 5.41) is 1.99. The predicted octanol–water partition coefficient (Wildman–Crippen LogP) is 8.38. The van der Waals surface area contributed by atoms with E-state index in [2.05, 4.69) is 30.3 Å². The number of ether oxygens (including phenoxy) is 2. The van der Waals surface area contributed by atoms with Crippen LogP contribution < -0.4 is 19.9 Å². The molecule has 0 radical (unpaired) electrons. The summed E-state index contributed by atoms with van der Waals surface area (Å²) < 4.78 is 73.1. The number of anilines is 1. The molecule has 1 aliphatic heterocycles. The van der Waals surface area contributed by atoms with Gasteiger partial charge in [0, 0.05) is 19.2 Å². The molecule has 0 amide bonds. The number of hydroxylamine groups is 1. The van der Waals surface area contributed by atoms with E-state index in [4.69, 9.17) is 13.8 Å². The molecule has 0 aromatic heterocycles. The van der Waals surface area contributed by atoms with Crippen molar-refractivity contribution in [2.24, 2.45) is 0 Å². The number of unbranched alkanes of at least 4 members (excludes halogenated alkanes) is 3. The molecule has 2 N–H and O–H groups in total. The quantitative estimate of drug-likeness (QED) is 0.0619. The standard InChI is InChI=1S/C35H40N2O8S2.C4H10/c1-3-36-45-47(41,42)22-10-8-20-37-33-24-27(26-11-5-4-6-12-26)16-19-34(33)44-35(37)25-29-15-14-28-23-30(43-2)17-18-32(28)31(29)13-7-9-21-46(38,39)40;1-3-4-2/h4-6,11-12,14-19,23-25,36H,3,7-10,13,20-22H2,1-2H3,(H,38,39,40);3-4H2,1-2H3/b35-25-;. The van der Waals surface area contributed by atoms with Crippen LogP contribution in [0, 0.1) is 0 Å². The van der Waals surface area contributed by atoms with Crippen LogP contribution in [0.1, 0.15) is 70.4 Å². The average Bonchev–Trinajstić information content (AvgIpc) is 3.47. The maximum atomic E-state index is 12.2. The number of aryl methyl sites for hydroxylation is 1. The molecule has 10 nitrogen and oxygen atoms in total. The van der Waals surface area contributed by atoms with E-state index in [1.54, 1.807) is 14.0 Å². The first-order valence-electron chi connectivity index (χ1n) is 17.5. The molecular weight excluding hydrogens is 689 g/mol. The Morgan fingerprint density at radius 3 is 2.25 bits per heavy atom. The molecular formula is C39H50N2O8S2. The van der Waals surface area contributed by atoms with Crippen LogP contribution in [0.4, 0.5) is 5.69 Å².